The molecule has 0 saturated carbocycles. The van der Waals surface area contributed by atoms with Crippen molar-refractivity contribution in [1.29, 1.82) is 0 Å². The van der Waals surface area contributed by atoms with Gasteiger partial charge in [-0.05, 0) is 18.2 Å². The number of benzene rings is 1. The molecular formula is C10H9N3O3. The fourth-order valence-corrected chi connectivity index (χ4v) is 1.42. The summed E-state index contributed by atoms with van der Waals surface area (Å²) in [5.41, 5.74) is 5.98. The summed E-state index contributed by atoms with van der Waals surface area (Å²) in [7, 11) is 0. The molecule has 0 aliphatic carbocycles. The molecule has 0 aliphatic heterocycles. The van der Waals surface area contributed by atoms with Gasteiger partial charge in [-0.1, -0.05) is 0 Å². The van der Waals surface area contributed by atoms with E-state index in [-0.39, 0.29) is 11.3 Å². The Morgan fingerprint density at radius 3 is 2.69 bits per heavy atom. The average Bonchev–Trinajstić information content (AvgIpc) is 2.63. The van der Waals surface area contributed by atoms with Gasteiger partial charge in [-0.3, -0.25) is 4.57 Å². The predicted octanol–water partition coefficient (Wildman–Crippen LogP) is 0.446. The number of hydrogen-bond acceptors (Lipinski definition) is 3. The van der Waals surface area contributed by atoms with Gasteiger partial charge in [0.2, 0.25) is 0 Å². The number of imidazole rings is 1. The zero-order valence-corrected chi connectivity index (χ0v) is 8.18. The number of aromatic nitrogens is 2. The van der Waals surface area contributed by atoms with Crippen molar-refractivity contribution in [3.8, 4) is 5.69 Å². The van der Waals surface area contributed by atoms with E-state index in [1.807, 2.05) is 0 Å². The van der Waals surface area contributed by atoms with Crippen molar-refractivity contribution in [2.24, 2.45) is 0 Å². The molecular weight excluding hydrogens is 210 g/mol. The fraction of sp³-hybridized carbons (Fsp3) is 0. The van der Waals surface area contributed by atoms with Gasteiger partial charge in [0.1, 0.15) is 0 Å². The zero-order chi connectivity index (χ0) is 11.7. The van der Waals surface area contributed by atoms with Gasteiger partial charge in [0, 0.05) is 18.1 Å². The molecule has 0 bridgehead atoms. The maximum atomic E-state index is 11.3. The number of nitrogens with zero attached hydrogens (tertiary/aromatic N) is 1. The molecule has 0 saturated heterocycles. The Bertz CT molecular complexity index is 597. The van der Waals surface area contributed by atoms with Crippen LogP contribution in [0, 0.1) is 0 Å². The topological polar surface area (TPSA) is 101 Å². The second kappa shape index (κ2) is 3.58. The third kappa shape index (κ3) is 1.68. The summed E-state index contributed by atoms with van der Waals surface area (Å²) in [5, 5.41) is 8.85. The van der Waals surface area contributed by atoms with Crippen LogP contribution in [-0.2, 0) is 0 Å². The molecule has 0 spiro atoms. The van der Waals surface area contributed by atoms with E-state index < -0.39 is 5.97 Å². The quantitative estimate of drug-likeness (QED) is 0.638. The van der Waals surface area contributed by atoms with Crippen molar-refractivity contribution in [3.05, 3.63) is 46.6 Å². The highest BCUT2D eigenvalue weighted by molar-refractivity contribution is 5.89. The molecule has 4 N–H and O–H groups in total. The Morgan fingerprint density at radius 1 is 1.38 bits per heavy atom. The highest BCUT2D eigenvalue weighted by atomic mass is 16.4. The van der Waals surface area contributed by atoms with Crippen LogP contribution in [0.25, 0.3) is 5.69 Å². The molecule has 1 aromatic heterocycles. The fourth-order valence-electron chi connectivity index (χ4n) is 1.42. The highest BCUT2D eigenvalue weighted by Crippen LogP contribution is 2.14. The van der Waals surface area contributed by atoms with E-state index in [0.717, 1.165) is 0 Å². The Labute approximate surface area is 89.9 Å². The SMILES string of the molecule is Nc1cc(C(=O)O)cc(-n2cc[nH]c2=O)c1. The van der Waals surface area contributed by atoms with Crippen LogP contribution in [-0.4, -0.2) is 20.6 Å². The summed E-state index contributed by atoms with van der Waals surface area (Å²) in [6.45, 7) is 0. The molecule has 0 amide bonds. The molecule has 1 aromatic carbocycles. The Morgan fingerprint density at radius 2 is 2.12 bits per heavy atom. The zero-order valence-electron chi connectivity index (χ0n) is 8.18. The molecule has 1 heterocycles. The number of hydrogen-bond donors (Lipinski definition) is 3. The Hall–Kier alpha value is -2.50. The summed E-state index contributed by atoms with van der Waals surface area (Å²) in [6.07, 6.45) is 2.97. The molecule has 2 aromatic rings. The van der Waals surface area contributed by atoms with Crippen LogP contribution in [0.3, 0.4) is 0 Å². The minimum Gasteiger partial charge on any atom is -0.478 e. The summed E-state index contributed by atoms with van der Waals surface area (Å²) in [5.74, 6) is -1.09. The molecule has 2 rings (SSSR count). The van der Waals surface area contributed by atoms with Gasteiger partial charge in [-0.15, -0.1) is 0 Å². The van der Waals surface area contributed by atoms with Gasteiger partial charge in [0.25, 0.3) is 0 Å². The van der Waals surface area contributed by atoms with Gasteiger partial charge < -0.3 is 15.8 Å². The van der Waals surface area contributed by atoms with E-state index in [2.05, 4.69) is 4.98 Å². The second-order valence-corrected chi connectivity index (χ2v) is 3.25. The van der Waals surface area contributed by atoms with Crippen LogP contribution in [0.5, 0.6) is 0 Å². The molecule has 0 fully saturated rings. The average molecular weight is 219 g/mol. The molecule has 16 heavy (non-hydrogen) atoms. The van der Waals surface area contributed by atoms with E-state index >= 15 is 0 Å². The Kier molecular flexibility index (Phi) is 2.24. The number of nitrogen functional groups attached to an aromatic ring is 1. The molecule has 0 atom stereocenters. The van der Waals surface area contributed by atoms with E-state index in [9.17, 15) is 9.59 Å². The lowest BCUT2D eigenvalue weighted by Gasteiger charge is -2.04. The minimum atomic E-state index is -1.09. The van der Waals surface area contributed by atoms with Gasteiger partial charge in [-0.2, -0.15) is 0 Å². The van der Waals surface area contributed by atoms with Crippen LogP contribution >= 0.6 is 0 Å². The van der Waals surface area contributed by atoms with Crippen LogP contribution in [0.1, 0.15) is 10.4 Å². The predicted molar refractivity (Wildman–Crippen MR) is 57.8 cm³/mol. The second-order valence-electron chi connectivity index (χ2n) is 3.25. The number of aromatic amines is 1. The summed E-state index contributed by atoms with van der Waals surface area (Å²) in [6, 6.07) is 4.25. The van der Waals surface area contributed by atoms with Gasteiger partial charge in [0.05, 0.1) is 11.3 Å². The van der Waals surface area contributed by atoms with Crippen molar-refractivity contribution < 1.29 is 9.90 Å². The summed E-state index contributed by atoms with van der Waals surface area (Å²) >= 11 is 0. The van der Waals surface area contributed by atoms with Gasteiger partial charge in [0.15, 0.2) is 0 Å². The summed E-state index contributed by atoms with van der Waals surface area (Å²) in [4.78, 5) is 24.6. The highest BCUT2D eigenvalue weighted by Gasteiger charge is 2.08. The molecule has 6 nitrogen and oxygen atoms in total. The number of carboxylic acid groups (broad SMARTS) is 1. The van der Waals surface area contributed by atoms with E-state index in [4.69, 9.17) is 10.8 Å². The van der Waals surface area contributed by atoms with Crippen molar-refractivity contribution in [1.82, 2.24) is 9.55 Å². The maximum Gasteiger partial charge on any atom is 0.335 e. The van der Waals surface area contributed by atoms with Gasteiger partial charge >= 0.3 is 11.7 Å². The first kappa shape index (κ1) is 10.0. The number of carbonyl (C=O) groups is 1. The number of carboxylic acids is 1. The molecule has 0 aliphatic rings. The number of rotatable bonds is 2. The standard InChI is InChI=1S/C10H9N3O3/c11-7-3-6(9(14)15)4-8(5-7)13-2-1-12-10(13)16/h1-5H,11H2,(H,12,16)(H,14,15). The molecule has 6 heteroatoms. The third-order valence-corrected chi connectivity index (χ3v) is 2.11. The number of anilines is 1. The molecule has 0 radical (unpaired) electrons. The lowest BCUT2D eigenvalue weighted by molar-refractivity contribution is 0.0697. The van der Waals surface area contributed by atoms with Gasteiger partial charge in [-0.25, -0.2) is 9.59 Å². The molecule has 0 unspecified atom stereocenters. The number of H-pyrrole nitrogens is 1. The molecule has 82 valence electrons. The van der Waals surface area contributed by atoms with Crippen molar-refractivity contribution in [3.63, 3.8) is 0 Å². The van der Waals surface area contributed by atoms with Crippen molar-refractivity contribution >= 4 is 11.7 Å². The lowest BCUT2D eigenvalue weighted by atomic mass is 10.2. The summed E-state index contributed by atoms with van der Waals surface area (Å²) < 4.78 is 1.28. The Balaban J connectivity index is 2.62. The van der Waals surface area contributed by atoms with Crippen LogP contribution in [0.15, 0.2) is 35.4 Å². The van der Waals surface area contributed by atoms with E-state index in [1.54, 1.807) is 0 Å². The first-order valence-electron chi connectivity index (χ1n) is 4.48. The monoisotopic (exact) mass is 219 g/mol. The smallest absolute Gasteiger partial charge is 0.335 e. The minimum absolute atomic E-state index is 0.0445. The van der Waals surface area contributed by atoms with Crippen LogP contribution < -0.4 is 11.4 Å². The normalized spacial score (nSPS) is 10.2. The van der Waals surface area contributed by atoms with E-state index in [0.29, 0.717) is 11.4 Å². The number of nitrogens with two attached hydrogens (primary N) is 1. The first-order valence-corrected chi connectivity index (χ1v) is 4.48. The van der Waals surface area contributed by atoms with Crippen molar-refractivity contribution in [2.45, 2.75) is 0 Å². The first-order chi connectivity index (χ1) is 7.58. The maximum absolute atomic E-state index is 11.3. The van der Waals surface area contributed by atoms with Crippen LogP contribution in [0.4, 0.5) is 5.69 Å². The lowest BCUT2D eigenvalue weighted by Crippen LogP contribution is -2.14. The van der Waals surface area contributed by atoms with E-state index in [1.165, 1.54) is 35.2 Å². The van der Waals surface area contributed by atoms with Crippen molar-refractivity contribution in [2.75, 3.05) is 5.73 Å². The largest absolute Gasteiger partial charge is 0.478 e. The number of nitrogens with one attached hydrogen (secondary N) is 1. The van der Waals surface area contributed by atoms with Crippen LogP contribution in [0.2, 0.25) is 0 Å². The number of aromatic carboxylic acids is 1. The third-order valence-electron chi connectivity index (χ3n) is 2.11.